The zero-order chi connectivity index (χ0) is 20.2. The molecule has 1 fully saturated rings. The number of aliphatic hydroxyl groups is 1. The predicted molar refractivity (Wildman–Crippen MR) is 99.5 cm³/mol. The van der Waals surface area contributed by atoms with E-state index in [0.29, 0.717) is 6.42 Å². The normalized spacial score (nSPS) is 26.4. The molecule has 1 aliphatic rings. The Morgan fingerprint density at radius 2 is 1.65 bits per heavy atom. The lowest BCUT2D eigenvalue weighted by Crippen LogP contribution is -2.49. The zero-order valence-corrected chi connectivity index (χ0v) is 16.6. The maximum Gasteiger partial charge on any atom is 0.192 e. The molecule has 26 heavy (non-hydrogen) atoms. The van der Waals surface area contributed by atoms with Crippen molar-refractivity contribution in [3.8, 4) is 0 Å². The maximum absolute atomic E-state index is 12.9. The monoisotopic (exact) mass is 362 g/mol. The summed E-state index contributed by atoms with van der Waals surface area (Å²) >= 11 is 0. The second-order valence-corrected chi connectivity index (χ2v) is 7.66. The molecule has 5 heteroatoms. The van der Waals surface area contributed by atoms with E-state index >= 15 is 0 Å². The number of rotatable bonds is 8. The van der Waals surface area contributed by atoms with E-state index in [1.165, 1.54) is 0 Å². The highest BCUT2D eigenvalue weighted by Crippen LogP contribution is 2.39. The first-order chi connectivity index (χ1) is 12.0. The van der Waals surface area contributed by atoms with Crippen LogP contribution in [0, 0.1) is 17.8 Å². The van der Waals surface area contributed by atoms with Gasteiger partial charge in [0.2, 0.25) is 0 Å². The molecule has 1 N–H and O–H groups in total. The molecule has 5 nitrogen and oxygen atoms in total. The molecule has 0 saturated heterocycles. The Labute approximate surface area is 155 Å². The first-order valence-electron chi connectivity index (χ1n) is 9.12. The molecule has 1 rings (SSSR count). The highest BCUT2D eigenvalue weighted by molar-refractivity contribution is 6.34. The second-order valence-electron chi connectivity index (χ2n) is 7.66. The van der Waals surface area contributed by atoms with Gasteiger partial charge in [0.15, 0.2) is 28.7 Å². The summed E-state index contributed by atoms with van der Waals surface area (Å²) in [6.07, 6.45) is 3.73. The summed E-state index contributed by atoms with van der Waals surface area (Å²) in [4.78, 5) is 51.0. The molecule has 0 aliphatic heterocycles. The fourth-order valence-electron chi connectivity index (χ4n) is 3.11. The largest absolute Gasteiger partial charge is 0.374 e. The molecule has 0 aromatic carbocycles. The lowest BCUT2D eigenvalue weighted by Gasteiger charge is -2.25. The molecule has 4 atom stereocenters. The van der Waals surface area contributed by atoms with Crippen LogP contribution < -0.4 is 0 Å². The first kappa shape index (κ1) is 22.2. The minimum atomic E-state index is -2.43. The fraction of sp³-hybridized carbons (Fsp3) is 0.619. The van der Waals surface area contributed by atoms with Gasteiger partial charge in [0.1, 0.15) is 5.92 Å². The van der Waals surface area contributed by atoms with E-state index in [1.807, 2.05) is 13.8 Å². The minimum absolute atomic E-state index is 0.0637. The van der Waals surface area contributed by atoms with Gasteiger partial charge in [-0.3, -0.25) is 19.2 Å². The SMILES string of the molecule is CCC(C)C(=O)C1C(=O)[C@H](CC=C(C)C)[C@@](O)(C(=O)CC=C(C)C)C1=O. The van der Waals surface area contributed by atoms with Crippen molar-refractivity contribution in [2.24, 2.45) is 17.8 Å². The van der Waals surface area contributed by atoms with Crippen LogP contribution >= 0.6 is 0 Å². The molecular formula is C21H30O5. The van der Waals surface area contributed by atoms with Crippen LogP contribution in [0.4, 0.5) is 0 Å². The Balaban J connectivity index is 3.37. The van der Waals surface area contributed by atoms with E-state index < -0.39 is 46.5 Å². The van der Waals surface area contributed by atoms with Gasteiger partial charge >= 0.3 is 0 Å². The topological polar surface area (TPSA) is 88.5 Å². The molecule has 0 amide bonds. The van der Waals surface area contributed by atoms with Crippen molar-refractivity contribution in [1.29, 1.82) is 0 Å². The highest BCUT2D eigenvalue weighted by atomic mass is 16.3. The van der Waals surface area contributed by atoms with Gasteiger partial charge in [-0.05, 0) is 40.5 Å². The summed E-state index contributed by atoms with van der Waals surface area (Å²) in [5.74, 6) is -6.04. The van der Waals surface area contributed by atoms with E-state index in [2.05, 4.69) is 0 Å². The smallest absolute Gasteiger partial charge is 0.192 e. The summed E-state index contributed by atoms with van der Waals surface area (Å²) in [6, 6.07) is 0. The molecular weight excluding hydrogens is 332 g/mol. The van der Waals surface area contributed by atoms with E-state index in [9.17, 15) is 24.3 Å². The van der Waals surface area contributed by atoms with Crippen molar-refractivity contribution in [2.45, 2.75) is 66.4 Å². The van der Waals surface area contributed by atoms with Crippen molar-refractivity contribution in [1.82, 2.24) is 0 Å². The Hall–Kier alpha value is -1.88. The molecule has 0 bridgehead atoms. The lowest BCUT2D eigenvalue weighted by atomic mass is 9.81. The molecule has 0 aromatic heterocycles. The molecule has 144 valence electrons. The van der Waals surface area contributed by atoms with E-state index in [-0.39, 0.29) is 12.8 Å². The van der Waals surface area contributed by atoms with Gasteiger partial charge < -0.3 is 5.11 Å². The van der Waals surface area contributed by atoms with Crippen molar-refractivity contribution >= 4 is 23.1 Å². The van der Waals surface area contributed by atoms with Crippen LogP contribution in [0.1, 0.15) is 60.8 Å². The predicted octanol–water partition coefficient (Wildman–Crippen LogP) is 3.00. The number of hydrogen-bond acceptors (Lipinski definition) is 5. The van der Waals surface area contributed by atoms with Crippen LogP contribution in [0.25, 0.3) is 0 Å². The van der Waals surface area contributed by atoms with E-state index in [4.69, 9.17) is 0 Å². The summed E-state index contributed by atoms with van der Waals surface area (Å²) in [7, 11) is 0. The fourth-order valence-corrected chi connectivity index (χ4v) is 3.11. The van der Waals surface area contributed by atoms with Crippen molar-refractivity contribution in [2.75, 3.05) is 0 Å². The third-order valence-electron chi connectivity index (χ3n) is 5.04. The van der Waals surface area contributed by atoms with Gasteiger partial charge in [0, 0.05) is 12.3 Å². The Morgan fingerprint density at radius 1 is 1.12 bits per heavy atom. The molecule has 0 aromatic rings. The average Bonchev–Trinajstić information content (AvgIpc) is 2.76. The summed E-state index contributed by atoms with van der Waals surface area (Å²) in [6.45, 7) is 10.7. The third-order valence-corrected chi connectivity index (χ3v) is 5.04. The van der Waals surface area contributed by atoms with Gasteiger partial charge in [-0.2, -0.15) is 0 Å². The van der Waals surface area contributed by atoms with Gasteiger partial charge in [-0.1, -0.05) is 37.1 Å². The van der Waals surface area contributed by atoms with Gasteiger partial charge in [-0.25, -0.2) is 0 Å². The summed E-state index contributed by atoms with van der Waals surface area (Å²) < 4.78 is 0. The Morgan fingerprint density at radius 3 is 2.12 bits per heavy atom. The van der Waals surface area contributed by atoms with Gasteiger partial charge in [-0.15, -0.1) is 0 Å². The quantitative estimate of drug-likeness (QED) is 0.530. The second kappa shape index (κ2) is 8.67. The van der Waals surface area contributed by atoms with Gasteiger partial charge in [0.25, 0.3) is 0 Å². The van der Waals surface area contributed by atoms with Crippen LogP contribution in [-0.4, -0.2) is 33.8 Å². The number of carbonyl (C=O) groups is 4. The van der Waals surface area contributed by atoms with Crippen LogP contribution in [-0.2, 0) is 19.2 Å². The number of Topliss-reactive ketones (excluding diaryl/α,β-unsaturated/α-hetero) is 4. The van der Waals surface area contributed by atoms with Crippen LogP contribution in [0.15, 0.2) is 23.3 Å². The molecule has 1 aliphatic carbocycles. The van der Waals surface area contributed by atoms with Crippen LogP contribution in [0.3, 0.4) is 0 Å². The standard InChI is InChI=1S/C21H30O5/c1-7-14(6)18(23)17-19(24)15(10-8-12(2)3)21(26,20(17)25)16(22)11-9-13(4)5/h8-9,14-15,17,26H,7,10-11H2,1-6H3/t14?,15-,17?,21+/m0/s1. The molecule has 0 spiro atoms. The number of ketones is 4. The van der Waals surface area contributed by atoms with Crippen LogP contribution in [0.5, 0.6) is 0 Å². The van der Waals surface area contributed by atoms with E-state index in [1.54, 1.807) is 39.8 Å². The molecule has 2 unspecified atom stereocenters. The van der Waals surface area contributed by atoms with Crippen molar-refractivity contribution < 1.29 is 24.3 Å². The molecule has 1 saturated carbocycles. The summed E-state index contributed by atoms with van der Waals surface area (Å²) in [5.41, 5.74) is -0.657. The van der Waals surface area contributed by atoms with Crippen molar-refractivity contribution in [3.63, 3.8) is 0 Å². The maximum atomic E-state index is 12.9. The number of allylic oxidation sites excluding steroid dienone is 4. The van der Waals surface area contributed by atoms with Crippen molar-refractivity contribution in [3.05, 3.63) is 23.3 Å². The van der Waals surface area contributed by atoms with E-state index in [0.717, 1.165) is 11.1 Å². The van der Waals surface area contributed by atoms with Crippen LogP contribution in [0.2, 0.25) is 0 Å². The molecule has 0 radical (unpaired) electrons. The van der Waals surface area contributed by atoms with Gasteiger partial charge in [0.05, 0.1) is 5.92 Å². The lowest BCUT2D eigenvalue weighted by molar-refractivity contribution is -0.153. The average molecular weight is 362 g/mol. The highest BCUT2D eigenvalue weighted by Gasteiger charge is 2.64. The summed E-state index contributed by atoms with van der Waals surface area (Å²) in [5, 5.41) is 11.0. The third kappa shape index (κ3) is 4.26. The zero-order valence-electron chi connectivity index (χ0n) is 16.6. The Bertz CT molecular complexity index is 662. The first-order valence-corrected chi connectivity index (χ1v) is 9.12. The molecule has 0 heterocycles. The number of hydrogen-bond donors (Lipinski definition) is 1. The number of carbonyl (C=O) groups excluding carboxylic acids is 4. The minimum Gasteiger partial charge on any atom is -0.374 e. The Kier molecular flexibility index (Phi) is 7.39.